The van der Waals surface area contributed by atoms with Crippen LogP contribution in [0.3, 0.4) is 0 Å². The zero-order valence-corrected chi connectivity index (χ0v) is 26.6. The van der Waals surface area contributed by atoms with Gasteiger partial charge in [0.25, 0.3) is 5.91 Å². The average molecular weight is 612 g/mol. The van der Waals surface area contributed by atoms with E-state index in [4.69, 9.17) is 5.73 Å². The number of rotatable bonds is 14. The maximum atomic E-state index is 14.3. The molecule has 0 radical (unpaired) electrons. The second-order valence-corrected chi connectivity index (χ2v) is 15.2. The van der Waals surface area contributed by atoms with Gasteiger partial charge in [0.2, 0.25) is 33.5 Å². The van der Waals surface area contributed by atoms with Gasteiger partial charge >= 0.3 is 0 Å². The fourth-order valence-electron chi connectivity index (χ4n) is 7.02. The lowest BCUT2D eigenvalue weighted by Crippen LogP contribution is -2.61. The Morgan fingerprint density at radius 1 is 1.00 bits per heavy atom. The molecule has 2 saturated carbocycles. The second-order valence-electron chi connectivity index (χ2n) is 13.4. The molecule has 3 fully saturated rings. The molecule has 0 spiro atoms. The fourth-order valence-corrected chi connectivity index (χ4v) is 7.74. The van der Waals surface area contributed by atoms with Gasteiger partial charge in [0.05, 0.1) is 12.3 Å². The zero-order chi connectivity index (χ0) is 31.6. The Labute approximate surface area is 249 Å². The highest BCUT2D eigenvalue weighted by Gasteiger charge is 2.69. The monoisotopic (exact) mass is 611 g/mol. The average Bonchev–Trinajstić information content (AvgIpc) is 3.22. The molecule has 238 valence electrons. The standard InChI is InChI=1S/C29H49N5O7S/c1-7-11-19(24(35)25(30)36)31-27(38)23-21-18(29(21,4)5)15-34(23)28(39)22(17-12-9-8-10-13-17)32-26(37)20(14-16(2)3)33-42(6,40)41/h16-23,33H,7-15H2,1-6H3,(H2,30,36)(H,31,38)(H,32,37)/t18-,19?,20-,21-,22-,23-/m0/s1. The maximum Gasteiger partial charge on any atom is 0.287 e. The highest BCUT2D eigenvalue weighted by molar-refractivity contribution is 7.88. The van der Waals surface area contributed by atoms with E-state index < -0.39 is 57.7 Å². The van der Waals surface area contributed by atoms with Crippen molar-refractivity contribution in [3.8, 4) is 0 Å². The normalized spacial score (nSPS) is 25.7. The van der Waals surface area contributed by atoms with Crippen molar-refractivity contribution in [3.63, 3.8) is 0 Å². The van der Waals surface area contributed by atoms with Crippen LogP contribution in [-0.2, 0) is 34.0 Å². The van der Waals surface area contributed by atoms with Crippen LogP contribution in [-0.4, -0.2) is 79.7 Å². The van der Waals surface area contributed by atoms with E-state index in [0.717, 1.165) is 38.4 Å². The van der Waals surface area contributed by atoms with Crippen molar-refractivity contribution in [2.75, 3.05) is 12.8 Å². The number of nitrogens with two attached hydrogens (primary N) is 1. The molecule has 0 aromatic heterocycles. The van der Waals surface area contributed by atoms with Gasteiger partial charge < -0.3 is 21.3 Å². The van der Waals surface area contributed by atoms with Crippen LogP contribution in [0.2, 0.25) is 0 Å². The Hall–Kier alpha value is -2.54. The number of piperidine rings is 1. The highest BCUT2D eigenvalue weighted by atomic mass is 32.2. The van der Waals surface area contributed by atoms with Gasteiger partial charge in [-0.2, -0.15) is 0 Å². The molecule has 1 heterocycles. The number of amides is 4. The minimum Gasteiger partial charge on any atom is -0.363 e. The summed E-state index contributed by atoms with van der Waals surface area (Å²) < 4.78 is 26.5. The minimum atomic E-state index is -3.69. The van der Waals surface area contributed by atoms with Crippen molar-refractivity contribution in [3.05, 3.63) is 0 Å². The Kier molecular flexibility index (Phi) is 10.8. The van der Waals surface area contributed by atoms with Crippen LogP contribution < -0.4 is 21.1 Å². The maximum absolute atomic E-state index is 14.3. The quantitative estimate of drug-likeness (QED) is 0.210. The van der Waals surface area contributed by atoms with Crippen molar-refractivity contribution in [1.82, 2.24) is 20.3 Å². The molecular formula is C29H49N5O7S. The summed E-state index contributed by atoms with van der Waals surface area (Å²) in [6.45, 7) is 9.98. The summed E-state index contributed by atoms with van der Waals surface area (Å²) in [5.41, 5.74) is 5.03. The first-order valence-corrected chi connectivity index (χ1v) is 17.1. The number of Topliss-reactive ketones (excluding diaryl/α,β-unsaturated/α-hetero) is 1. The number of primary amides is 1. The molecule has 12 nitrogen and oxygen atoms in total. The van der Waals surface area contributed by atoms with E-state index in [1.165, 1.54) is 4.90 Å². The molecule has 5 N–H and O–H groups in total. The van der Waals surface area contributed by atoms with E-state index in [1.54, 1.807) is 0 Å². The molecule has 3 aliphatic rings. The molecule has 1 saturated heterocycles. The van der Waals surface area contributed by atoms with E-state index in [1.807, 2.05) is 34.6 Å². The van der Waals surface area contributed by atoms with Crippen LogP contribution in [0, 0.1) is 29.1 Å². The molecule has 1 aliphatic heterocycles. The summed E-state index contributed by atoms with van der Waals surface area (Å²) in [7, 11) is -3.69. The van der Waals surface area contributed by atoms with Crippen LogP contribution in [0.5, 0.6) is 0 Å². The molecule has 0 bridgehead atoms. The smallest absolute Gasteiger partial charge is 0.287 e. The molecule has 4 amide bonds. The van der Waals surface area contributed by atoms with Gasteiger partial charge in [0.15, 0.2) is 0 Å². The number of fused-ring (bicyclic) bond motifs is 1. The third kappa shape index (κ3) is 7.89. The molecule has 2 aliphatic carbocycles. The van der Waals surface area contributed by atoms with Crippen LogP contribution in [0.15, 0.2) is 0 Å². The summed E-state index contributed by atoms with van der Waals surface area (Å²) in [5, 5.41) is 5.59. The number of carbonyl (C=O) groups excluding carboxylic acids is 5. The van der Waals surface area contributed by atoms with Gasteiger partial charge in [0.1, 0.15) is 18.1 Å². The first-order chi connectivity index (χ1) is 19.5. The zero-order valence-electron chi connectivity index (χ0n) is 25.8. The lowest BCUT2D eigenvalue weighted by molar-refractivity contribution is -0.146. The van der Waals surface area contributed by atoms with Crippen molar-refractivity contribution in [2.24, 2.45) is 34.8 Å². The van der Waals surface area contributed by atoms with E-state index in [0.29, 0.717) is 13.0 Å². The minimum absolute atomic E-state index is 0.0130. The van der Waals surface area contributed by atoms with Crippen molar-refractivity contribution < 1.29 is 32.4 Å². The van der Waals surface area contributed by atoms with Gasteiger partial charge in [-0.1, -0.05) is 60.3 Å². The van der Waals surface area contributed by atoms with Gasteiger partial charge in [-0.15, -0.1) is 0 Å². The number of hydrogen-bond acceptors (Lipinski definition) is 7. The second kappa shape index (κ2) is 13.4. The Morgan fingerprint density at radius 3 is 2.14 bits per heavy atom. The largest absolute Gasteiger partial charge is 0.363 e. The lowest BCUT2D eigenvalue weighted by Gasteiger charge is -2.37. The third-order valence-electron chi connectivity index (χ3n) is 9.28. The number of nitrogens with one attached hydrogen (secondary N) is 3. The molecule has 1 unspecified atom stereocenters. The predicted octanol–water partition coefficient (Wildman–Crippen LogP) is 0.838. The Balaban J connectivity index is 1.90. The fraction of sp³-hybridized carbons (Fsp3) is 0.828. The SMILES string of the molecule is CCCC(NC(=O)[C@@H]1[C@@H]2[C@H](CN1C(=O)[C@@H](NC(=O)[C@H](CC(C)C)NS(C)(=O)=O)C1CCCCC1)C2(C)C)C(=O)C(N)=O. The Bertz CT molecular complexity index is 1160. The number of hydrogen-bond donors (Lipinski definition) is 4. The van der Waals surface area contributed by atoms with Crippen molar-refractivity contribution >= 4 is 39.4 Å². The van der Waals surface area contributed by atoms with E-state index in [-0.39, 0.29) is 47.8 Å². The number of carbonyl (C=O) groups is 5. The summed E-state index contributed by atoms with van der Waals surface area (Å²) in [4.78, 5) is 67.1. The number of nitrogens with zero attached hydrogens (tertiary/aromatic N) is 1. The van der Waals surface area contributed by atoms with E-state index in [9.17, 15) is 32.4 Å². The predicted molar refractivity (Wildman–Crippen MR) is 157 cm³/mol. The number of likely N-dealkylation sites (tertiary alicyclic amines) is 1. The molecule has 6 atom stereocenters. The molecule has 0 aromatic carbocycles. The highest BCUT2D eigenvalue weighted by Crippen LogP contribution is 2.65. The first kappa shape index (κ1) is 34.0. The molecule has 0 aromatic rings. The van der Waals surface area contributed by atoms with Gasteiger partial charge in [0, 0.05) is 6.54 Å². The van der Waals surface area contributed by atoms with Gasteiger partial charge in [-0.25, -0.2) is 13.1 Å². The summed E-state index contributed by atoms with van der Waals surface area (Å²) in [6.07, 6.45) is 6.28. The molecule has 42 heavy (non-hydrogen) atoms. The Morgan fingerprint density at radius 2 is 1.62 bits per heavy atom. The van der Waals surface area contributed by atoms with Crippen LogP contribution in [0.1, 0.15) is 86.0 Å². The number of ketones is 1. The van der Waals surface area contributed by atoms with Gasteiger partial charge in [-0.05, 0) is 54.8 Å². The summed E-state index contributed by atoms with van der Waals surface area (Å²) >= 11 is 0. The van der Waals surface area contributed by atoms with Gasteiger partial charge in [-0.3, -0.25) is 24.0 Å². The molecular weight excluding hydrogens is 562 g/mol. The lowest BCUT2D eigenvalue weighted by atomic mass is 9.82. The summed E-state index contributed by atoms with van der Waals surface area (Å²) in [6, 6.07) is -3.92. The molecule has 13 heteroatoms. The van der Waals surface area contributed by atoms with Crippen LogP contribution >= 0.6 is 0 Å². The summed E-state index contributed by atoms with van der Waals surface area (Å²) in [5.74, 6) is -3.70. The van der Waals surface area contributed by atoms with E-state index in [2.05, 4.69) is 15.4 Å². The van der Waals surface area contributed by atoms with Crippen LogP contribution in [0.25, 0.3) is 0 Å². The number of sulfonamides is 1. The van der Waals surface area contributed by atoms with E-state index >= 15 is 0 Å². The third-order valence-corrected chi connectivity index (χ3v) is 9.99. The molecule has 3 rings (SSSR count). The topological polar surface area (TPSA) is 185 Å². The first-order valence-electron chi connectivity index (χ1n) is 15.2. The van der Waals surface area contributed by atoms with Crippen molar-refractivity contribution in [2.45, 2.75) is 110 Å². The van der Waals surface area contributed by atoms with Crippen molar-refractivity contribution in [1.29, 1.82) is 0 Å². The van der Waals surface area contributed by atoms with Crippen LogP contribution in [0.4, 0.5) is 0 Å².